The van der Waals surface area contributed by atoms with Crippen molar-refractivity contribution < 1.29 is 27.8 Å². The molecule has 18 heteroatoms. The summed E-state index contributed by atoms with van der Waals surface area (Å²) in [7, 11) is 0. The number of rotatable bonds is 10. The van der Waals surface area contributed by atoms with Crippen LogP contribution in [-0.2, 0) is 45.0 Å². The zero-order valence-corrected chi connectivity index (χ0v) is 29.8. The van der Waals surface area contributed by atoms with Gasteiger partial charge >= 0.3 is 0 Å². The Balaban J connectivity index is 0.000000194. The van der Waals surface area contributed by atoms with Crippen LogP contribution in [0.15, 0.2) is 37.2 Å². The van der Waals surface area contributed by atoms with Crippen LogP contribution in [-0.4, -0.2) is 102 Å². The summed E-state index contributed by atoms with van der Waals surface area (Å²) in [6.07, 6.45) is 9.43. The number of hydrogen-bond acceptors (Lipinski definition) is 14. The van der Waals surface area contributed by atoms with Gasteiger partial charge in [-0.15, -0.1) is 22.7 Å². The van der Waals surface area contributed by atoms with E-state index < -0.39 is 11.6 Å². The second kappa shape index (κ2) is 17.8. The number of thiazole rings is 2. The van der Waals surface area contributed by atoms with Crippen LogP contribution in [0.1, 0.15) is 49.1 Å². The number of hydrogen-bond donors (Lipinski definition) is 2. The van der Waals surface area contributed by atoms with Crippen molar-refractivity contribution in [1.82, 2.24) is 39.7 Å². The average Bonchev–Trinajstić information content (AvgIpc) is 3.67. The lowest BCUT2D eigenvalue weighted by molar-refractivity contribution is -0.115. The number of carbonyl (C=O) groups is 2. The molecule has 14 nitrogen and oxygen atoms in total. The summed E-state index contributed by atoms with van der Waals surface area (Å²) in [4.78, 5) is 53.3. The molecule has 2 amide bonds. The lowest BCUT2D eigenvalue weighted by Gasteiger charge is -2.36. The molecular weight excluding hydrogens is 691 g/mol. The molecule has 0 bridgehead atoms. The number of carbonyl (C=O) groups excluding carboxylic acids is 2. The van der Waals surface area contributed by atoms with Gasteiger partial charge in [0.1, 0.15) is 11.6 Å². The Kier molecular flexibility index (Phi) is 13.3. The molecule has 0 aliphatic carbocycles. The first-order chi connectivity index (χ1) is 23.9. The van der Waals surface area contributed by atoms with Gasteiger partial charge in [-0.05, 0) is 13.8 Å². The number of nitrogens with zero attached hydrogens (tertiary/aromatic N) is 8. The van der Waals surface area contributed by atoms with Gasteiger partial charge in [0.05, 0.1) is 49.2 Å². The quantitative estimate of drug-likeness (QED) is 0.244. The molecule has 50 heavy (non-hydrogen) atoms. The van der Waals surface area contributed by atoms with Crippen molar-refractivity contribution in [2.45, 2.75) is 78.0 Å². The maximum Gasteiger partial charge on any atom is 0.223 e. The second-order valence-corrected chi connectivity index (χ2v) is 14.4. The minimum absolute atomic E-state index is 0.0445. The Morgan fingerprint density at radius 1 is 0.680 bits per heavy atom. The van der Waals surface area contributed by atoms with Crippen molar-refractivity contribution in [3.8, 4) is 0 Å². The van der Waals surface area contributed by atoms with Crippen molar-refractivity contribution in [3.63, 3.8) is 0 Å². The van der Waals surface area contributed by atoms with Crippen LogP contribution in [0.25, 0.3) is 0 Å². The van der Waals surface area contributed by atoms with Crippen LogP contribution in [0, 0.1) is 11.6 Å². The Morgan fingerprint density at radius 2 is 1.06 bits per heavy atom. The summed E-state index contributed by atoms with van der Waals surface area (Å²) in [5, 5.41) is 6.61. The van der Waals surface area contributed by atoms with Crippen LogP contribution in [0.2, 0.25) is 0 Å². The van der Waals surface area contributed by atoms with E-state index in [0.717, 1.165) is 49.0 Å². The molecule has 0 spiro atoms. The normalized spacial score (nSPS) is 21.2. The standard InChI is InChI=1S/2C16H20FN5O2S/c2*1-10-7-22(9-14-6-20-16(25-14)21-11(2)23)8-13(24-10)3-15-18-4-12(17)5-19-15/h2*4-6,10,13H,3,7-9H2,1-2H3,(H,20,21,23)/t2*10-,13+/m10/s1. The molecular formula is C32H40F2N10O4S2. The van der Waals surface area contributed by atoms with Gasteiger partial charge in [0.2, 0.25) is 11.8 Å². The van der Waals surface area contributed by atoms with E-state index >= 15 is 0 Å². The zero-order chi connectivity index (χ0) is 35.6. The molecule has 2 N–H and O–H groups in total. The van der Waals surface area contributed by atoms with Crippen LogP contribution in [0.4, 0.5) is 19.0 Å². The van der Waals surface area contributed by atoms with Gasteiger partial charge in [0, 0.05) is 88.1 Å². The van der Waals surface area contributed by atoms with Gasteiger partial charge < -0.3 is 20.1 Å². The number of ether oxygens (including phenoxy) is 2. The molecule has 268 valence electrons. The molecule has 2 fully saturated rings. The predicted octanol–water partition coefficient (Wildman–Crippen LogP) is 3.73. The minimum Gasteiger partial charge on any atom is -0.372 e. The van der Waals surface area contributed by atoms with E-state index in [1.54, 1.807) is 12.4 Å². The highest BCUT2D eigenvalue weighted by Crippen LogP contribution is 2.24. The molecule has 2 saturated heterocycles. The first-order valence-electron chi connectivity index (χ1n) is 16.1. The monoisotopic (exact) mass is 730 g/mol. The van der Waals surface area contributed by atoms with Gasteiger partial charge in [-0.3, -0.25) is 19.4 Å². The van der Waals surface area contributed by atoms with Gasteiger partial charge in [0.25, 0.3) is 0 Å². The molecule has 0 aromatic carbocycles. The van der Waals surface area contributed by atoms with E-state index in [1.165, 1.54) is 61.3 Å². The highest BCUT2D eigenvalue weighted by Gasteiger charge is 2.28. The molecule has 4 aromatic heterocycles. The second-order valence-electron chi connectivity index (χ2n) is 12.2. The molecule has 0 radical (unpaired) electrons. The van der Waals surface area contributed by atoms with E-state index in [4.69, 9.17) is 9.47 Å². The summed E-state index contributed by atoms with van der Waals surface area (Å²) in [6, 6.07) is 0. The van der Waals surface area contributed by atoms with E-state index in [0.29, 0.717) is 34.8 Å². The maximum absolute atomic E-state index is 12.9. The lowest BCUT2D eigenvalue weighted by atomic mass is 10.1. The van der Waals surface area contributed by atoms with Gasteiger partial charge in [-0.25, -0.2) is 38.7 Å². The minimum atomic E-state index is -0.441. The number of morpholine rings is 2. The number of aromatic nitrogens is 6. The highest BCUT2D eigenvalue weighted by atomic mass is 32.1. The lowest BCUT2D eigenvalue weighted by Crippen LogP contribution is -2.46. The zero-order valence-electron chi connectivity index (χ0n) is 28.2. The van der Waals surface area contributed by atoms with Gasteiger partial charge in [-0.2, -0.15) is 0 Å². The van der Waals surface area contributed by atoms with Crippen molar-refractivity contribution in [2.24, 2.45) is 0 Å². The topological polar surface area (TPSA) is 160 Å². The van der Waals surface area contributed by atoms with Crippen molar-refractivity contribution >= 4 is 44.8 Å². The Labute approximate surface area is 296 Å². The Morgan fingerprint density at radius 3 is 1.42 bits per heavy atom. The summed E-state index contributed by atoms with van der Waals surface area (Å²) in [5.41, 5.74) is 0. The SMILES string of the molecule is CC(=O)Nc1ncc(CN2C[C@@H](Cc3ncc(F)cn3)O[C@@H](C)C2)s1.CC(=O)Nc1ncc(CN2C[C@H](Cc3ncc(F)cn3)O[C@H](C)C2)s1. The largest absolute Gasteiger partial charge is 0.372 e. The summed E-state index contributed by atoms with van der Waals surface area (Å²) < 4.78 is 37.8. The molecule has 4 atom stereocenters. The van der Waals surface area contributed by atoms with Crippen LogP contribution in [0.3, 0.4) is 0 Å². The smallest absolute Gasteiger partial charge is 0.223 e. The van der Waals surface area contributed by atoms with Crippen LogP contribution in [0.5, 0.6) is 0 Å². The first-order valence-corrected chi connectivity index (χ1v) is 17.7. The molecule has 6 rings (SSSR count). The van der Waals surface area contributed by atoms with Crippen molar-refractivity contribution in [1.29, 1.82) is 0 Å². The summed E-state index contributed by atoms with van der Waals surface area (Å²) >= 11 is 2.94. The summed E-state index contributed by atoms with van der Waals surface area (Å²) in [6.45, 7) is 11.6. The molecule has 6 heterocycles. The average molecular weight is 731 g/mol. The van der Waals surface area contributed by atoms with E-state index in [2.05, 4.69) is 50.3 Å². The summed E-state index contributed by atoms with van der Waals surface area (Å²) in [5.74, 6) is 0.0184. The van der Waals surface area contributed by atoms with Gasteiger partial charge in [-0.1, -0.05) is 0 Å². The number of nitrogens with one attached hydrogen (secondary N) is 2. The van der Waals surface area contributed by atoms with Crippen LogP contribution >= 0.6 is 22.7 Å². The number of halogens is 2. The van der Waals surface area contributed by atoms with Crippen molar-refractivity contribution in [2.75, 3.05) is 36.8 Å². The predicted molar refractivity (Wildman–Crippen MR) is 183 cm³/mol. The van der Waals surface area contributed by atoms with E-state index in [-0.39, 0.29) is 36.2 Å². The van der Waals surface area contributed by atoms with Crippen LogP contribution < -0.4 is 10.6 Å². The third-order valence-electron chi connectivity index (χ3n) is 7.40. The number of amides is 2. The maximum atomic E-state index is 12.9. The third kappa shape index (κ3) is 12.1. The highest BCUT2D eigenvalue weighted by molar-refractivity contribution is 7.16. The van der Waals surface area contributed by atoms with Crippen molar-refractivity contribution in [3.05, 3.63) is 70.2 Å². The molecule has 0 unspecified atom stereocenters. The van der Waals surface area contributed by atoms with E-state index in [9.17, 15) is 18.4 Å². The Hall–Kier alpha value is -3.94. The van der Waals surface area contributed by atoms with Gasteiger partial charge in [0.15, 0.2) is 21.9 Å². The fourth-order valence-electron chi connectivity index (χ4n) is 5.68. The molecule has 2 aliphatic heterocycles. The molecule has 2 aliphatic rings. The fourth-order valence-corrected chi connectivity index (χ4v) is 7.48. The molecule has 4 aromatic rings. The third-order valence-corrected chi connectivity index (χ3v) is 9.20. The first kappa shape index (κ1) is 37.3. The fraction of sp³-hybridized carbons (Fsp3) is 0.500. The number of anilines is 2. The molecule has 0 saturated carbocycles. The van der Waals surface area contributed by atoms with E-state index in [1.807, 2.05) is 13.8 Å². The Bertz CT molecular complexity index is 1570.